The summed E-state index contributed by atoms with van der Waals surface area (Å²) in [4.78, 5) is 10.0. The van der Waals surface area contributed by atoms with Gasteiger partial charge < -0.3 is 4.79 Å². The molecule has 0 N–H and O–H groups in total. The van der Waals surface area contributed by atoms with Gasteiger partial charge in [0.05, 0.1) is 0 Å². The summed E-state index contributed by atoms with van der Waals surface area (Å²) in [6, 6.07) is 0. The molecule has 0 saturated carbocycles. The molecular formula is C15H20O. The number of unbranched alkanes of at least 4 members (excludes halogenated alkanes) is 2. The van der Waals surface area contributed by atoms with Crippen LogP contribution in [0.1, 0.15) is 25.7 Å². The van der Waals surface area contributed by atoms with Gasteiger partial charge in [-0.25, -0.2) is 0 Å². The Balaban J connectivity index is 3.47. The average Bonchev–Trinajstić information content (AvgIpc) is 2.31. The number of rotatable bonds is 9. The van der Waals surface area contributed by atoms with Crippen LogP contribution in [0.3, 0.4) is 0 Å². The molecule has 0 aliphatic carbocycles. The molecule has 1 heteroatoms. The summed E-state index contributed by atoms with van der Waals surface area (Å²) in [7, 11) is 0. The van der Waals surface area contributed by atoms with Crippen LogP contribution in [0.4, 0.5) is 0 Å². The van der Waals surface area contributed by atoms with Gasteiger partial charge in [-0.15, -0.1) is 0 Å². The SMILES string of the molecule is C=CC=CCCC=CC=CC=CCCC=O. The van der Waals surface area contributed by atoms with E-state index in [1.807, 2.05) is 36.5 Å². The van der Waals surface area contributed by atoms with E-state index >= 15 is 0 Å². The van der Waals surface area contributed by atoms with Gasteiger partial charge in [0, 0.05) is 6.42 Å². The number of aldehydes is 1. The fourth-order valence-electron chi connectivity index (χ4n) is 1.03. The van der Waals surface area contributed by atoms with Crippen LogP contribution in [0.25, 0.3) is 0 Å². The van der Waals surface area contributed by atoms with Crippen LogP contribution in [-0.2, 0) is 4.79 Å². The molecule has 86 valence electrons. The molecular weight excluding hydrogens is 196 g/mol. The largest absolute Gasteiger partial charge is 0.303 e. The highest BCUT2D eigenvalue weighted by atomic mass is 16.1. The Morgan fingerprint density at radius 3 is 1.69 bits per heavy atom. The summed E-state index contributed by atoms with van der Waals surface area (Å²) in [6.07, 6.45) is 22.4. The Morgan fingerprint density at radius 1 is 0.688 bits per heavy atom. The molecule has 16 heavy (non-hydrogen) atoms. The molecule has 0 aliphatic rings. The van der Waals surface area contributed by atoms with E-state index < -0.39 is 0 Å². The van der Waals surface area contributed by atoms with Crippen molar-refractivity contribution in [2.45, 2.75) is 25.7 Å². The molecule has 0 bridgehead atoms. The molecule has 0 spiro atoms. The molecule has 0 aliphatic heterocycles. The first-order valence-electron chi connectivity index (χ1n) is 5.61. The van der Waals surface area contributed by atoms with E-state index in [-0.39, 0.29) is 0 Å². The molecule has 0 aromatic carbocycles. The van der Waals surface area contributed by atoms with Crippen molar-refractivity contribution in [1.29, 1.82) is 0 Å². The minimum atomic E-state index is 0.607. The predicted octanol–water partition coefficient (Wildman–Crippen LogP) is 4.16. The first-order chi connectivity index (χ1) is 7.91. The predicted molar refractivity (Wildman–Crippen MR) is 71.3 cm³/mol. The topological polar surface area (TPSA) is 17.1 Å². The third-order valence-electron chi connectivity index (χ3n) is 1.83. The van der Waals surface area contributed by atoms with E-state index in [0.717, 1.165) is 25.5 Å². The molecule has 0 rings (SSSR count). The third kappa shape index (κ3) is 12.4. The number of allylic oxidation sites excluding steroid dienone is 9. The van der Waals surface area contributed by atoms with Crippen LogP contribution >= 0.6 is 0 Å². The first-order valence-corrected chi connectivity index (χ1v) is 5.61. The van der Waals surface area contributed by atoms with E-state index in [9.17, 15) is 4.79 Å². The number of hydrogen-bond acceptors (Lipinski definition) is 1. The maximum absolute atomic E-state index is 10.0. The molecule has 0 aromatic rings. The fraction of sp³-hybridized carbons (Fsp3) is 0.267. The van der Waals surface area contributed by atoms with Gasteiger partial charge >= 0.3 is 0 Å². The molecule has 1 nitrogen and oxygen atoms in total. The van der Waals surface area contributed by atoms with E-state index in [4.69, 9.17) is 0 Å². The minimum Gasteiger partial charge on any atom is -0.303 e. The van der Waals surface area contributed by atoms with Crippen molar-refractivity contribution in [3.8, 4) is 0 Å². The van der Waals surface area contributed by atoms with Crippen molar-refractivity contribution in [3.05, 3.63) is 61.3 Å². The summed E-state index contributed by atoms with van der Waals surface area (Å²) in [5.74, 6) is 0. The molecule has 0 atom stereocenters. The lowest BCUT2D eigenvalue weighted by Crippen LogP contribution is -1.68. The van der Waals surface area contributed by atoms with Crippen molar-refractivity contribution in [1.82, 2.24) is 0 Å². The molecule has 0 heterocycles. The van der Waals surface area contributed by atoms with Gasteiger partial charge in [0.25, 0.3) is 0 Å². The zero-order valence-corrected chi connectivity index (χ0v) is 9.72. The van der Waals surface area contributed by atoms with E-state index in [0.29, 0.717) is 6.42 Å². The fourth-order valence-corrected chi connectivity index (χ4v) is 1.03. The lowest BCUT2D eigenvalue weighted by molar-refractivity contribution is -0.107. The average molecular weight is 216 g/mol. The lowest BCUT2D eigenvalue weighted by atomic mass is 10.2. The van der Waals surface area contributed by atoms with Gasteiger partial charge in [-0.2, -0.15) is 0 Å². The van der Waals surface area contributed by atoms with Gasteiger partial charge in [0.2, 0.25) is 0 Å². The molecule has 0 saturated heterocycles. The lowest BCUT2D eigenvalue weighted by Gasteiger charge is -1.83. The normalized spacial score (nSPS) is 12.2. The van der Waals surface area contributed by atoms with Gasteiger partial charge in [-0.3, -0.25) is 0 Å². The van der Waals surface area contributed by atoms with Crippen LogP contribution in [0.2, 0.25) is 0 Å². The van der Waals surface area contributed by atoms with Crippen LogP contribution < -0.4 is 0 Å². The third-order valence-corrected chi connectivity index (χ3v) is 1.83. The van der Waals surface area contributed by atoms with Crippen LogP contribution in [0, 0.1) is 0 Å². The summed E-state index contributed by atoms with van der Waals surface area (Å²) in [5.41, 5.74) is 0. The Bertz CT molecular complexity index is 280. The van der Waals surface area contributed by atoms with E-state index in [1.165, 1.54) is 0 Å². The second-order valence-electron chi connectivity index (χ2n) is 3.23. The molecule has 0 amide bonds. The second kappa shape index (κ2) is 13.4. The van der Waals surface area contributed by atoms with Gasteiger partial charge in [0.15, 0.2) is 0 Å². The Morgan fingerprint density at radius 2 is 1.19 bits per heavy atom. The Hall–Kier alpha value is -1.63. The van der Waals surface area contributed by atoms with Crippen molar-refractivity contribution in [2.75, 3.05) is 0 Å². The van der Waals surface area contributed by atoms with Gasteiger partial charge in [-0.1, -0.05) is 61.3 Å². The highest BCUT2D eigenvalue weighted by Crippen LogP contribution is 1.94. The first kappa shape index (κ1) is 14.4. The summed E-state index contributed by atoms with van der Waals surface area (Å²) in [6.45, 7) is 3.60. The van der Waals surface area contributed by atoms with Crippen molar-refractivity contribution >= 4 is 6.29 Å². The zero-order valence-electron chi connectivity index (χ0n) is 9.72. The molecule has 0 fully saturated rings. The number of carbonyl (C=O) groups excluding carboxylic acids is 1. The van der Waals surface area contributed by atoms with Crippen molar-refractivity contribution in [3.63, 3.8) is 0 Å². The van der Waals surface area contributed by atoms with E-state index in [1.54, 1.807) is 6.08 Å². The molecule has 0 unspecified atom stereocenters. The standard InChI is InChI=1S/C15H20O/c1-2-3-4-5-6-7-8-9-10-11-12-13-14-15-16/h2-4,7-12,15H,1,5-6,13-14H2. The Kier molecular flexibility index (Phi) is 12.0. The van der Waals surface area contributed by atoms with Gasteiger partial charge in [-0.05, 0) is 19.3 Å². The van der Waals surface area contributed by atoms with Crippen LogP contribution in [-0.4, -0.2) is 6.29 Å². The quantitative estimate of drug-likeness (QED) is 0.321. The van der Waals surface area contributed by atoms with Crippen molar-refractivity contribution < 1.29 is 4.79 Å². The summed E-state index contributed by atoms with van der Waals surface area (Å²) in [5, 5.41) is 0. The highest BCUT2D eigenvalue weighted by Gasteiger charge is 1.75. The Labute approximate surface area is 98.6 Å². The highest BCUT2D eigenvalue weighted by molar-refractivity contribution is 5.49. The monoisotopic (exact) mass is 216 g/mol. The summed E-state index contributed by atoms with van der Waals surface area (Å²) < 4.78 is 0. The van der Waals surface area contributed by atoms with E-state index in [2.05, 4.69) is 18.7 Å². The number of hydrogen-bond donors (Lipinski definition) is 0. The maximum Gasteiger partial charge on any atom is 0.120 e. The van der Waals surface area contributed by atoms with Crippen LogP contribution in [0.15, 0.2) is 61.3 Å². The van der Waals surface area contributed by atoms with Gasteiger partial charge in [0.1, 0.15) is 6.29 Å². The second-order valence-corrected chi connectivity index (χ2v) is 3.23. The van der Waals surface area contributed by atoms with Crippen LogP contribution in [0.5, 0.6) is 0 Å². The minimum absolute atomic E-state index is 0.607. The van der Waals surface area contributed by atoms with Crippen molar-refractivity contribution in [2.24, 2.45) is 0 Å². The molecule has 0 radical (unpaired) electrons. The molecule has 0 aromatic heterocycles. The summed E-state index contributed by atoms with van der Waals surface area (Å²) >= 11 is 0. The zero-order chi connectivity index (χ0) is 11.9. The number of carbonyl (C=O) groups is 1. The smallest absolute Gasteiger partial charge is 0.120 e. The maximum atomic E-state index is 10.0.